The molecule has 59 heavy (non-hydrogen) atoms. The van der Waals surface area contributed by atoms with Crippen molar-refractivity contribution in [1.82, 2.24) is 0 Å². The van der Waals surface area contributed by atoms with Gasteiger partial charge in [-0.05, 0) is 0 Å². The predicted molar refractivity (Wildman–Crippen MR) is 262 cm³/mol. The van der Waals surface area contributed by atoms with Crippen LogP contribution >= 0.6 is 17.0 Å². The number of hydrogen-bond acceptors (Lipinski definition) is 0. The van der Waals surface area contributed by atoms with Gasteiger partial charge in [0.15, 0.2) is 0 Å². The first-order valence-corrected chi connectivity index (χ1v) is 33.2. The number of halogens is 2. The van der Waals surface area contributed by atoms with E-state index in [0.29, 0.717) is 0 Å². The van der Waals surface area contributed by atoms with Gasteiger partial charge in [0.25, 0.3) is 0 Å². The second kappa shape index (κ2) is 14.7. The molecule has 0 saturated heterocycles. The van der Waals surface area contributed by atoms with Crippen molar-refractivity contribution >= 4 is 29.2 Å². The molecule has 6 rings (SSSR count). The Morgan fingerprint density at radius 3 is 0.932 bits per heavy atom. The molecule has 0 aliphatic heterocycles. The second-order valence-corrected chi connectivity index (χ2v) is 46.0. The molecule has 0 aromatic heterocycles. The molecule has 2 unspecified atom stereocenters. The van der Waals surface area contributed by atoms with E-state index in [1.807, 2.05) is 0 Å². The summed E-state index contributed by atoms with van der Waals surface area (Å²) in [6.07, 6.45) is 4.98. The third kappa shape index (κ3) is 7.60. The molecule has 2 aliphatic carbocycles. The van der Waals surface area contributed by atoms with Gasteiger partial charge in [-0.3, -0.25) is 0 Å². The quantitative estimate of drug-likeness (QED) is 0.187. The molecule has 2 atom stereocenters. The number of hydrogen-bond donors (Lipinski definition) is 0. The average Bonchev–Trinajstić information content (AvgIpc) is 3.66. The van der Waals surface area contributed by atoms with Crippen LogP contribution in [-0.2, 0) is 38.1 Å². The van der Waals surface area contributed by atoms with Crippen LogP contribution in [0.5, 0.6) is 0 Å². The Kier molecular flexibility index (Phi) is 11.5. The Morgan fingerprint density at radius 1 is 0.424 bits per heavy atom. The van der Waals surface area contributed by atoms with Gasteiger partial charge >= 0.3 is 372 Å². The van der Waals surface area contributed by atoms with E-state index in [0.717, 1.165) is 4.13 Å². The van der Waals surface area contributed by atoms with Crippen LogP contribution in [-0.4, -0.2) is 0 Å². The first-order valence-electron chi connectivity index (χ1n) is 22.3. The van der Waals surface area contributed by atoms with Gasteiger partial charge in [-0.2, -0.15) is 0 Å². The van der Waals surface area contributed by atoms with Crippen LogP contribution in [0.3, 0.4) is 0 Å². The predicted octanol–water partition coefficient (Wildman–Crippen LogP) is 18.1. The molecule has 0 N–H and O–H groups in total. The van der Waals surface area contributed by atoms with Gasteiger partial charge in [0, 0.05) is 0 Å². The van der Waals surface area contributed by atoms with Crippen molar-refractivity contribution in [3.63, 3.8) is 0 Å². The van der Waals surface area contributed by atoms with Crippen LogP contribution in [0.1, 0.15) is 189 Å². The second-order valence-electron chi connectivity index (χ2n) is 23.1. The molecule has 317 valence electrons. The van der Waals surface area contributed by atoms with Crippen LogP contribution in [0, 0.1) is 41.5 Å². The molecule has 0 radical (unpaired) electrons. The van der Waals surface area contributed by atoms with E-state index >= 15 is 0 Å². The van der Waals surface area contributed by atoms with E-state index in [2.05, 4.69) is 194 Å². The third-order valence-corrected chi connectivity index (χ3v) is 36.0. The maximum absolute atomic E-state index is 8.80. The van der Waals surface area contributed by atoms with Gasteiger partial charge in [-0.25, -0.2) is 0 Å². The first kappa shape index (κ1) is 46.3. The summed E-state index contributed by atoms with van der Waals surface area (Å²) >= 11 is -5.06. The van der Waals surface area contributed by atoms with E-state index in [-0.39, 0.29) is 28.9 Å². The number of allylic oxidation sites excluding steroid dienone is 2. The standard InChI is InChI=1S/2C27H35.C2H5.2ClH.Zr/c2*1-16-11-23-18(3)17(2)19(4)25(24(23)12-16)20-13-21(26(5,6)7)15-22(14-20)27(8,9)10;1-2;;;/h2*11-15H,1-10H3;1H2,2H3;2*1H;/q;;;;;+2/p-2. The molecule has 0 bridgehead atoms. The Morgan fingerprint density at radius 2 is 0.695 bits per heavy atom. The van der Waals surface area contributed by atoms with Gasteiger partial charge in [0.1, 0.15) is 0 Å². The van der Waals surface area contributed by atoms with E-state index in [1.54, 1.807) is 0 Å². The van der Waals surface area contributed by atoms with E-state index in [1.165, 1.54) is 111 Å². The van der Waals surface area contributed by atoms with Crippen molar-refractivity contribution in [3.05, 3.63) is 125 Å². The van der Waals surface area contributed by atoms with Crippen molar-refractivity contribution in [2.24, 2.45) is 0 Å². The Bertz CT molecular complexity index is 2240. The summed E-state index contributed by atoms with van der Waals surface area (Å²) in [5, 5.41) is 0. The molecule has 0 nitrogen and oxygen atoms in total. The van der Waals surface area contributed by atoms with Crippen LogP contribution in [0.4, 0.5) is 0 Å². The van der Waals surface area contributed by atoms with Crippen LogP contribution in [0.25, 0.3) is 34.4 Å². The molecule has 0 heterocycles. The number of rotatable bonds is 5. The molecule has 0 fully saturated rings. The van der Waals surface area contributed by atoms with Crippen molar-refractivity contribution in [2.45, 2.75) is 178 Å². The molecule has 0 saturated carbocycles. The fourth-order valence-corrected chi connectivity index (χ4v) is 29.8. The fourth-order valence-electron chi connectivity index (χ4n) is 10.7. The monoisotopic (exact) mass is 907 g/mol. The molecule has 2 aliphatic rings. The van der Waals surface area contributed by atoms with E-state index in [4.69, 9.17) is 17.0 Å². The van der Waals surface area contributed by atoms with Gasteiger partial charge in [-0.15, -0.1) is 0 Å². The molecule has 0 spiro atoms. The summed E-state index contributed by atoms with van der Waals surface area (Å²) in [4.78, 5) is 0. The summed E-state index contributed by atoms with van der Waals surface area (Å²) in [6, 6.07) is 14.7. The maximum atomic E-state index is 8.80. The zero-order valence-electron chi connectivity index (χ0n) is 40.7. The van der Waals surface area contributed by atoms with Crippen LogP contribution in [0.2, 0.25) is 4.13 Å². The van der Waals surface area contributed by atoms with Gasteiger partial charge in [0.05, 0.1) is 0 Å². The minimum absolute atomic E-state index is 0.00817. The summed E-state index contributed by atoms with van der Waals surface area (Å²) in [7, 11) is 17.6. The van der Waals surface area contributed by atoms with Gasteiger partial charge in [0.2, 0.25) is 0 Å². The molecule has 3 heteroatoms. The van der Waals surface area contributed by atoms with Crippen LogP contribution < -0.4 is 0 Å². The first-order chi connectivity index (χ1) is 26.7. The topological polar surface area (TPSA) is 0 Å². The average molecular weight is 910 g/mol. The normalized spacial score (nSPS) is 18.1. The van der Waals surface area contributed by atoms with Crippen LogP contribution in [0.15, 0.2) is 47.5 Å². The van der Waals surface area contributed by atoms with Gasteiger partial charge in [-0.1, -0.05) is 0 Å². The van der Waals surface area contributed by atoms with Crippen molar-refractivity contribution < 1.29 is 16.4 Å². The molecule has 0 amide bonds. The molecule has 4 aromatic carbocycles. The number of fused-ring (bicyclic) bond motifs is 2. The van der Waals surface area contributed by atoms with Crippen molar-refractivity contribution in [1.29, 1.82) is 0 Å². The zero-order valence-corrected chi connectivity index (χ0v) is 44.7. The summed E-state index contributed by atoms with van der Waals surface area (Å²) in [6.45, 7) is 49.0. The summed E-state index contributed by atoms with van der Waals surface area (Å²) in [5.41, 5.74) is 27.0. The fraction of sp³-hybridized carbons (Fsp3) is 0.500. The summed E-state index contributed by atoms with van der Waals surface area (Å²) < 4.78 is 0.775. The Labute approximate surface area is 368 Å². The van der Waals surface area contributed by atoms with E-state index in [9.17, 15) is 0 Å². The molecular formula is C56H75Cl2Zr. The summed E-state index contributed by atoms with van der Waals surface area (Å²) in [5.74, 6) is 0. The Balaban J connectivity index is 1.66. The number of benzene rings is 4. The third-order valence-electron chi connectivity index (χ3n) is 14.9. The van der Waals surface area contributed by atoms with Gasteiger partial charge < -0.3 is 0 Å². The molecule has 4 aromatic rings. The minimum atomic E-state index is -5.06. The van der Waals surface area contributed by atoms with E-state index < -0.39 is 16.4 Å². The molecular weight excluding hydrogens is 835 g/mol. The van der Waals surface area contributed by atoms with Crippen molar-refractivity contribution in [3.8, 4) is 22.3 Å². The zero-order chi connectivity index (χ0) is 44.5. The Hall–Kier alpha value is -2.18. The van der Waals surface area contributed by atoms with Crippen molar-refractivity contribution in [2.75, 3.05) is 0 Å². The SMILES string of the molecule is C[CH2][Zr]([Cl])([Cl])([CH]1C(C)=Cc2c(-c3cc(C(C)(C)C)cc(C(C)(C)C)c3)c(C)c(C)c(C)c21)[CH]1C(C)=Cc2c(-c3cc(C(C)(C)C)cc(C(C)(C)C)c3)c(C)c(C)c(C)c21.